The number of aromatic nitrogens is 1. The topological polar surface area (TPSA) is 113 Å². The summed E-state index contributed by atoms with van der Waals surface area (Å²) in [7, 11) is 1.66. The predicted octanol–water partition coefficient (Wildman–Crippen LogP) is 3.11. The molecule has 2 aromatic carbocycles. The van der Waals surface area contributed by atoms with Gasteiger partial charge in [0.15, 0.2) is 0 Å². The van der Waals surface area contributed by atoms with Crippen molar-refractivity contribution in [3.8, 4) is 0 Å². The highest BCUT2D eigenvalue weighted by Gasteiger charge is 2.26. The molecule has 32 heavy (non-hydrogen) atoms. The smallest absolute Gasteiger partial charge is 0.258 e. The van der Waals surface area contributed by atoms with Gasteiger partial charge in [0.1, 0.15) is 5.71 Å². The number of pyridine rings is 1. The number of H-pyrrole nitrogens is 1. The van der Waals surface area contributed by atoms with Crippen molar-refractivity contribution < 1.29 is 9.53 Å². The third-order valence-corrected chi connectivity index (χ3v) is 5.67. The average molecular weight is 452 g/mol. The summed E-state index contributed by atoms with van der Waals surface area (Å²) in [4.78, 5) is 34.0. The van der Waals surface area contributed by atoms with Gasteiger partial charge in [0.25, 0.3) is 11.5 Å². The molecule has 1 atom stereocenters. The van der Waals surface area contributed by atoms with Gasteiger partial charge in [-0.15, -0.1) is 0 Å². The Morgan fingerprint density at radius 2 is 2.03 bits per heavy atom. The molecule has 1 aromatic heterocycles. The molecule has 0 bridgehead atoms. The van der Waals surface area contributed by atoms with E-state index in [-0.39, 0.29) is 28.8 Å². The van der Waals surface area contributed by atoms with Crippen LogP contribution in [0.15, 0.2) is 63.4 Å². The molecule has 1 fully saturated rings. The van der Waals surface area contributed by atoms with Crippen LogP contribution in [0.25, 0.3) is 10.9 Å². The number of benzene rings is 2. The summed E-state index contributed by atoms with van der Waals surface area (Å²) in [6, 6.07) is 13.7. The van der Waals surface area contributed by atoms with Crippen molar-refractivity contribution in [2.24, 2.45) is 15.9 Å². The molecule has 3 N–H and O–H groups in total. The van der Waals surface area contributed by atoms with Crippen LogP contribution in [0.4, 0.5) is 5.69 Å². The van der Waals surface area contributed by atoms with Crippen LogP contribution >= 0.6 is 11.6 Å². The zero-order valence-corrected chi connectivity index (χ0v) is 18.2. The van der Waals surface area contributed by atoms with Gasteiger partial charge >= 0.3 is 0 Å². The fraction of sp³-hybridized carbons (Fsp3) is 0.217. The molecule has 0 aliphatic carbocycles. The van der Waals surface area contributed by atoms with Gasteiger partial charge in [-0.25, -0.2) is 0 Å². The lowest BCUT2D eigenvalue weighted by Crippen LogP contribution is -2.29. The number of amides is 1. The minimum Gasteiger partial charge on any atom is -0.380 e. The highest BCUT2D eigenvalue weighted by Crippen LogP contribution is 2.19. The van der Waals surface area contributed by atoms with Gasteiger partial charge in [0, 0.05) is 41.7 Å². The van der Waals surface area contributed by atoms with Crippen molar-refractivity contribution in [3.05, 3.63) is 75.0 Å². The second-order valence-electron chi connectivity index (χ2n) is 7.46. The van der Waals surface area contributed by atoms with Crippen LogP contribution in [-0.4, -0.2) is 54.0 Å². The van der Waals surface area contributed by atoms with Gasteiger partial charge in [0.2, 0.25) is 0 Å². The Balaban J connectivity index is 1.52. The first-order chi connectivity index (χ1) is 15.5. The standard InChI is InChI=1S/C23H22ClN5O3/c1-32-18-8-9-29(13-18)23(31)14-2-5-17(6-3-14)26-12-21(28-25)19-11-15-10-16(24)4-7-20(15)27-22(19)30/h2-7,10-12,18H,8-9,13,25H2,1H3,(H,27,30)/t18-/m1/s1. The zero-order chi connectivity index (χ0) is 22.7. The van der Waals surface area contributed by atoms with Crippen molar-refractivity contribution in [3.63, 3.8) is 0 Å². The molecule has 1 amide bonds. The number of nitrogens with zero attached hydrogens (tertiary/aromatic N) is 3. The Labute approximate surface area is 189 Å². The van der Waals surface area contributed by atoms with E-state index in [2.05, 4.69) is 15.1 Å². The average Bonchev–Trinajstić information content (AvgIpc) is 3.29. The zero-order valence-electron chi connectivity index (χ0n) is 17.4. The number of nitrogens with two attached hydrogens (primary N) is 1. The summed E-state index contributed by atoms with van der Waals surface area (Å²) >= 11 is 6.05. The number of fused-ring (bicyclic) bond motifs is 1. The molecule has 0 unspecified atom stereocenters. The maximum absolute atomic E-state index is 12.6. The number of aliphatic imine (C=N–C) groups is 1. The minimum atomic E-state index is -0.337. The highest BCUT2D eigenvalue weighted by molar-refractivity contribution is 6.38. The summed E-state index contributed by atoms with van der Waals surface area (Å²) in [6.07, 6.45) is 2.35. The lowest BCUT2D eigenvalue weighted by atomic mass is 10.1. The number of ether oxygens (including phenoxy) is 1. The second kappa shape index (κ2) is 9.33. The number of halogens is 1. The van der Waals surface area contributed by atoms with Gasteiger partial charge in [0.05, 0.1) is 23.6 Å². The molecule has 9 heteroatoms. The molecule has 8 nitrogen and oxygen atoms in total. The largest absolute Gasteiger partial charge is 0.380 e. The van der Waals surface area contributed by atoms with E-state index in [1.165, 1.54) is 6.21 Å². The number of hydrazone groups is 1. The number of aromatic amines is 1. The van der Waals surface area contributed by atoms with Crippen molar-refractivity contribution >= 4 is 46.0 Å². The number of rotatable bonds is 5. The van der Waals surface area contributed by atoms with Crippen molar-refractivity contribution in [2.45, 2.75) is 12.5 Å². The number of carbonyl (C=O) groups excluding carboxylic acids is 1. The monoisotopic (exact) mass is 451 g/mol. The Morgan fingerprint density at radius 3 is 2.72 bits per heavy atom. The van der Waals surface area contributed by atoms with E-state index in [0.29, 0.717) is 34.9 Å². The van der Waals surface area contributed by atoms with E-state index in [1.807, 2.05) is 0 Å². The van der Waals surface area contributed by atoms with Gasteiger partial charge in [-0.1, -0.05) is 11.6 Å². The molecule has 0 saturated carbocycles. The van der Waals surface area contributed by atoms with E-state index in [0.717, 1.165) is 11.8 Å². The molecule has 4 rings (SSSR count). The summed E-state index contributed by atoms with van der Waals surface area (Å²) < 4.78 is 5.32. The molecule has 0 spiro atoms. The molecule has 1 saturated heterocycles. The van der Waals surface area contributed by atoms with Gasteiger partial charge in [-0.05, 0) is 55.0 Å². The number of hydrogen-bond donors (Lipinski definition) is 2. The second-order valence-corrected chi connectivity index (χ2v) is 7.90. The van der Waals surface area contributed by atoms with E-state index in [1.54, 1.807) is 60.5 Å². The van der Waals surface area contributed by atoms with Crippen LogP contribution in [-0.2, 0) is 4.74 Å². The Hall–Kier alpha value is -3.49. The molecule has 164 valence electrons. The van der Waals surface area contributed by atoms with Crippen molar-refractivity contribution in [1.82, 2.24) is 9.88 Å². The third-order valence-electron chi connectivity index (χ3n) is 5.44. The van der Waals surface area contributed by atoms with Crippen molar-refractivity contribution in [1.29, 1.82) is 0 Å². The van der Waals surface area contributed by atoms with Crippen LogP contribution in [0.2, 0.25) is 5.02 Å². The SMILES string of the molecule is CO[C@@H]1CCN(C(=O)c2ccc(N=CC(=NN)c3cc4cc(Cl)ccc4[nH]c3=O)cc2)C1. The van der Waals surface area contributed by atoms with Crippen LogP contribution in [0.3, 0.4) is 0 Å². The van der Waals surface area contributed by atoms with Crippen LogP contribution < -0.4 is 11.4 Å². The summed E-state index contributed by atoms with van der Waals surface area (Å²) in [6.45, 7) is 1.27. The quantitative estimate of drug-likeness (QED) is 0.352. The number of methoxy groups -OCH3 is 1. The summed E-state index contributed by atoms with van der Waals surface area (Å²) in [5.41, 5.74) is 1.99. The Bertz CT molecular complexity index is 1270. The fourth-order valence-electron chi connectivity index (χ4n) is 3.65. The van der Waals surface area contributed by atoms with Gasteiger partial charge in [-0.2, -0.15) is 5.10 Å². The first-order valence-corrected chi connectivity index (χ1v) is 10.4. The van der Waals surface area contributed by atoms with Crippen molar-refractivity contribution in [2.75, 3.05) is 20.2 Å². The maximum Gasteiger partial charge on any atom is 0.258 e. The van der Waals surface area contributed by atoms with E-state index in [9.17, 15) is 9.59 Å². The minimum absolute atomic E-state index is 0.0364. The number of hydrogen-bond acceptors (Lipinski definition) is 6. The lowest BCUT2D eigenvalue weighted by molar-refractivity contribution is 0.0724. The summed E-state index contributed by atoms with van der Waals surface area (Å²) in [5, 5.41) is 5.02. The number of likely N-dealkylation sites (tertiary alicyclic amines) is 1. The predicted molar refractivity (Wildman–Crippen MR) is 126 cm³/mol. The normalized spacial score (nSPS) is 16.9. The fourth-order valence-corrected chi connectivity index (χ4v) is 3.83. The molecular weight excluding hydrogens is 430 g/mol. The van der Waals surface area contributed by atoms with E-state index >= 15 is 0 Å². The van der Waals surface area contributed by atoms with E-state index in [4.69, 9.17) is 22.2 Å². The highest BCUT2D eigenvalue weighted by atomic mass is 35.5. The molecule has 2 heterocycles. The molecule has 1 aliphatic heterocycles. The van der Waals surface area contributed by atoms with Crippen LogP contribution in [0.5, 0.6) is 0 Å². The molecule has 1 aliphatic rings. The Kier molecular flexibility index (Phi) is 6.34. The number of carbonyl (C=O) groups is 1. The molecule has 3 aromatic rings. The lowest BCUT2D eigenvalue weighted by Gasteiger charge is -2.16. The summed E-state index contributed by atoms with van der Waals surface area (Å²) in [5.74, 6) is 5.49. The first-order valence-electron chi connectivity index (χ1n) is 10.1. The van der Waals surface area contributed by atoms with Gasteiger partial charge in [-0.3, -0.25) is 14.6 Å². The molecular formula is C23H22ClN5O3. The van der Waals surface area contributed by atoms with Crippen LogP contribution in [0.1, 0.15) is 22.3 Å². The van der Waals surface area contributed by atoms with Crippen LogP contribution in [0, 0.1) is 0 Å². The first kappa shape index (κ1) is 21.7. The maximum atomic E-state index is 12.6. The number of nitrogens with one attached hydrogen (secondary N) is 1. The third kappa shape index (κ3) is 4.56. The molecule has 0 radical (unpaired) electrons. The van der Waals surface area contributed by atoms with Gasteiger partial charge < -0.3 is 20.5 Å². The van der Waals surface area contributed by atoms with E-state index < -0.39 is 0 Å². The Morgan fingerprint density at radius 1 is 1.25 bits per heavy atom.